The van der Waals surface area contributed by atoms with Gasteiger partial charge in [0.15, 0.2) is 0 Å². The maximum Gasteiger partial charge on any atom is 0.251 e. The van der Waals surface area contributed by atoms with Crippen LogP contribution in [-0.2, 0) is 10.0 Å². The molecule has 1 amide bonds. The minimum atomic E-state index is -3.58. The van der Waals surface area contributed by atoms with Crippen molar-refractivity contribution in [1.82, 2.24) is 14.9 Å². The molecule has 1 saturated heterocycles. The Balaban J connectivity index is 0.00000364. The lowest BCUT2D eigenvalue weighted by molar-refractivity contribution is 0.0949. The fourth-order valence-electron chi connectivity index (χ4n) is 3.33. The van der Waals surface area contributed by atoms with Crippen molar-refractivity contribution in [3.8, 4) is 0 Å². The number of piperidine rings is 1. The van der Waals surface area contributed by atoms with E-state index in [2.05, 4.69) is 10.6 Å². The SMILES string of the molecule is CCN[C@H](C)CNC(=O)c1cc(S(=O)(=O)N2CCCCC2C)ccc1C.Cl. The summed E-state index contributed by atoms with van der Waals surface area (Å²) < 4.78 is 27.6. The molecule has 0 radical (unpaired) electrons. The van der Waals surface area contributed by atoms with Crippen molar-refractivity contribution >= 4 is 28.3 Å². The monoisotopic (exact) mass is 417 g/mol. The summed E-state index contributed by atoms with van der Waals surface area (Å²) in [6.07, 6.45) is 2.81. The van der Waals surface area contributed by atoms with Gasteiger partial charge < -0.3 is 10.6 Å². The molecule has 0 aliphatic carbocycles. The van der Waals surface area contributed by atoms with Crippen LogP contribution >= 0.6 is 12.4 Å². The molecule has 0 aromatic heterocycles. The molecule has 1 aliphatic heterocycles. The van der Waals surface area contributed by atoms with E-state index in [1.54, 1.807) is 16.4 Å². The van der Waals surface area contributed by atoms with Gasteiger partial charge in [-0.1, -0.05) is 19.4 Å². The highest BCUT2D eigenvalue weighted by Gasteiger charge is 2.31. The van der Waals surface area contributed by atoms with Crippen LogP contribution in [-0.4, -0.2) is 50.3 Å². The minimum Gasteiger partial charge on any atom is -0.350 e. The number of amides is 1. The number of hydrogen-bond acceptors (Lipinski definition) is 4. The predicted octanol–water partition coefficient (Wildman–Crippen LogP) is 2.71. The lowest BCUT2D eigenvalue weighted by Gasteiger charge is -2.32. The average Bonchev–Trinajstić information content (AvgIpc) is 2.60. The Kier molecular flexibility index (Phi) is 9.21. The van der Waals surface area contributed by atoms with Gasteiger partial charge in [0.25, 0.3) is 5.91 Å². The number of halogens is 1. The smallest absolute Gasteiger partial charge is 0.251 e. The van der Waals surface area contributed by atoms with Crippen LogP contribution < -0.4 is 10.6 Å². The Morgan fingerprint density at radius 1 is 1.33 bits per heavy atom. The molecule has 154 valence electrons. The van der Waals surface area contributed by atoms with Crippen LogP contribution in [0.15, 0.2) is 23.1 Å². The molecule has 0 saturated carbocycles. The predicted molar refractivity (Wildman–Crippen MR) is 111 cm³/mol. The zero-order valence-corrected chi connectivity index (χ0v) is 18.3. The van der Waals surface area contributed by atoms with E-state index in [0.717, 1.165) is 31.4 Å². The summed E-state index contributed by atoms with van der Waals surface area (Å²) in [5.41, 5.74) is 1.18. The number of hydrogen-bond donors (Lipinski definition) is 2. The van der Waals surface area contributed by atoms with Gasteiger partial charge in [-0.05, 0) is 57.9 Å². The summed E-state index contributed by atoms with van der Waals surface area (Å²) in [5.74, 6) is -0.240. The van der Waals surface area contributed by atoms with Crippen molar-refractivity contribution in [2.24, 2.45) is 0 Å². The molecular formula is C19H32ClN3O3S. The van der Waals surface area contributed by atoms with E-state index in [9.17, 15) is 13.2 Å². The number of rotatable bonds is 7. The quantitative estimate of drug-likeness (QED) is 0.714. The Labute approximate surface area is 169 Å². The third-order valence-corrected chi connectivity index (χ3v) is 6.93. The lowest BCUT2D eigenvalue weighted by atomic mass is 10.1. The van der Waals surface area contributed by atoms with Crippen molar-refractivity contribution < 1.29 is 13.2 Å². The first-order chi connectivity index (χ1) is 12.3. The van der Waals surface area contributed by atoms with E-state index in [1.807, 2.05) is 27.7 Å². The number of likely N-dealkylation sites (N-methyl/N-ethyl adjacent to an activating group) is 1. The van der Waals surface area contributed by atoms with Crippen molar-refractivity contribution in [3.05, 3.63) is 29.3 Å². The number of sulfonamides is 1. The van der Waals surface area contributed by atoms with Crippen LogP contribution in [0.1, 0.15) is 56.0 Å². The highest BCUT2D eigenvalue weighted by atomic mass is 35.5. The van der Waals surface area contributed by atoms with Crippen LogP contribution in [0.25, 0.3) is 0 Å². The van der Waals surface area contributed by atoms with Gasteiger partial charge in [0.1, 0.15) is 0 Å². The molecule has 1 heterocycles. The molecule has 2 N–H and O–H groups in total. The summed E-state index contributed by atoms with van der Waals surface area (Å²) in [6.45, 7) is 9.64. The van der Waals surface area contributed by atoms with Crippen molar-refractivity contribution in [3.63, 3.8) is 0 Å². The second-order valence-electron chi connectivity index (χ2n) is 7.11. The van der Waals surface area contributed by atoms with Crippen LogP contribution in [0.5, 0.6) is 0 Å². The van der Waals surface area contributed by atoms with Gasteiger partial charge in [0.05, 0.1) is 4.90 Å². The van der Waals surface area contributed by atoms with E-state index in [-0.39, 0.29) is 35.3 Å². The number of carbonyl (C=O) groups is 1. The third-order valence-electron chi connectivity index (χ3n) is 4.92. The average molecular weight is 418 g/mol. The van der Waals surface area contributed by atoms with Gasteiger partial charge in [-0.15, -0.1) is 12.4 Å². The van der Waals surface area contributed by atoms with Crippen LogP contribution in [0.3, 0.4) is 0 Å². The first-order valence-corrected chi connectivity index (χ1v) is 10.9. The highest BCUT2D eigenvalue weighted by Crippen LogP contribution is 2.26. The number of benzene rings is 1. The Hall–Kier alpha value is -1.15. The third kappa shape index (κ3) is 5.91. The lowest BCUT2D eigenvalue weighted by Crippen LogP contribution is -2.42. The zero-order chi connectivity index (χ0) is 19.3. The van der Waals surface area contributed by atoms with Gasteiger partial charge in [-0.25, -0.2) is 8.42 Å². The maximum absolute atomic E-state index is 13.0. The second kappa shape index (κ2) is 10.4. The standard InChI is InChI=1S/C19H31N3O3S.ClH/c1-5-20-15(3)13-21-19(23)18-12-17(10-9-14(18)2)26(24,25)22-11-7-6-8-16(22)4;/h9-10,12,15-16,20H,5-8,11,13H2,1-4H3,(H,21,23);1H/t15-,16?;/m1./s1. The molecule has 1 aliphatic rings. The van der Waals surface area contributed by atoms with Gasteiger partial charge in [-0.3, -0.25) is 4.79 Å². The van der Waals surface area contributed by atoms with E-state index in [1.165, 1.54) is 6.07 Å². The number of nitrogens with one attached hydrogen (secondary N) is 2. The Bertz CT molecular complexity index is 740. The molecule has 1 unspecified atom stereocenters. The van der Waals surface area contributed by atoms with Gasteiger partial charge >= 0.3 is 0 Å². The van der Waals surface area contributed by atoms with E-state index in [0.29, 0.717) is 18.7 Å². The van der Waals surface area contributed by atoms with E-state index < -0.39 is 10.0 Å². The van der Waals surface area contributed by atoms with Gasteiger partial charge in [0.2, 0.25) is 10.0 Å². The molecule has 0 bridgehead atoms. The molecular weight excluding hydrogens is 386 g/mol. The number of nitrogens with zero attached hydrogens (tertiary/aromatic N) is 1. The van der Waals surface area contributed by atoms with Crippen LogP contribution in [0.4, 0.5) is 0 Å². The van der Waals surface area contributed by atoms with Crippen molar-refractivity contribution in [1.29, 1.82) is 0 Å². The molecule has 2 rings (SSSR count). The molecule has 1 aromatic carbocycles. The highest BCUT2D eigenvalue weighted by molar-refractivity contribution is 7.89. The maximum atomic E-state index is 13.0. The summed E-state index contributed by atoms with van der Waals surface area (Å²) in [6, 6.07) is 4.98. The zero-order valence-electron chi connectivity index (χ0n) is 16.6. The van der Waals surface area contributed by atoms with Crippen molar-refractivity contribution in [2.75, 3.05) is 19.6 Å². The summed E-state index contributed by atoms with van der Waals surface area (Å²) in [5, 5.41) is 6.11. The number of carbonyl (C=O) groups excluding carboxylic acids is 1. The van der Waals surface area contributed by atoms with E-state index >= 15 is 0 Å². The van der Waals surface area contributed by atoms with Crippen molar-refractivity contribution in [2.45, 2.75) is 63.9 Å². The van der Waals surface area contributed by atoms with Gasteiger partial charge in [-0.2, -0.15) is 4.31 Å². The van der Waals surface area contributed by atoms with Crippen LogP contribution in [0, 0.1) is 6.92 Å². The van der Waals surface area contributed by atoms with Gasteiger partial charge in [0, 0.05) is 30.7 Å². The number of aryl methyl sites for hydroxylation is 1. The topological polar surface area (TPSA) is 78.5 Å². The normalized spacial score (nSPS) is 19.2. The molecule has 2 atom stereocenters. The molecule has 8 heteroatoms. The largest absolute Gasteiger partial charge is 0.350 e. The van der Waals surface area contributed by atoms with E-state index in [4.69, 9.17) is 0 Å². The van der Waals surface area contributed by atoms with Crippen LogP contribution in [0.2, 0.25) is 0 Å². The first kappa shape index (κ1) is 23.9. The fraction of sp³-hybridized carbons (Fsp3) is 0.632. The minimum absolute atomic E-state index is 0. The molecule has 0 spiro atoms. The summed E-state index contributed by atoms with van der Waals surface area (Å²) in [7, 11) is -3.58. The Morgan fingerprint density at radius 3 is 2.67 bits per heavy atom. The molecule has 1 aromatic rings. The Morgan fingerprint density at radius 2 is 2.04 bits per heavy atom. The fourth-order valence-corrected chi connectivity index (χ4v) is 5.06. The molecule has 27 heavy (non-hydrogen) atoms. The summed E-state index contributed by atoms with van der Waals surface area (Å²) >= 11 is 0. The first-order valence-electron chi connectivity index (χ1n) is 9.41. The summed E-state index contributed by atoms with van der Waals surface area (Å²) in [4.78, 5) is 12.7. The molecule has 1 fully saturated rings. The second-order valence-corrected chi connectivity index (χ2v) is 9.00. The molecule has 6 nitrogen and oxygen atoms in total.